The van der Waals surface area contributed by atoms with Crippen LogP contribution in [0.4, 0.5) is 17.1 Å². The van der Waals surface area contributed by atoms with E-state index in [-0.39, 0.29) is 9.79 Å². The quantitative estimate of drug-likeness (QED) is 0.253. The molecule has 0 heterocycles. The molecule has 0 bridgehead atoms. The highest BCUT2D eigenvalue weighted by molar-refractivity contribution is 7.93. The van der Waals surface area contributed by atoms with Crippen molar-refractivity contribution in [2.24, 2.45) is 0 Å². The Morgan fingerprint density at radius 1 is 0.659 bits per heavy atom. The molecule has 214 valence electrons. The molecule has 0 fully saturated rings. The Bertz CT molecular complexity index is 1800. The number of anilines is 3. The van der Waals surface area contributed by atoms with Gasteiger partial charge >= 0.3 is 0 Å². The number of hydrogen-bond donors (Lipinski definition) is 2. The van der Waals surface area contributed by atoms with Gasteiger partial charge in [0.05, 0.1) is 21.2 Å². The third-order valence-corrected chi connectivity index (χ3v) is 9.77. The minimum atomic E-state index is -4.08. The van der Waals surface area contributed by atoms with Crippen LogP contribution in [0, 0.1) is 34.6 Å². The zero-order valence-corrected chi connectivity index (χ0v) is 25.2. The van der Waals surface area contributed by atoms with Gasteiger partial charge in [-0.25, -0.2) is 16.8 Å². The smallest absolute Gasteiger partial charge is 0.264 e. The van der Waals surface area contributed by atoms with Gasteiger partial charge in [0.2, 0.25) is 5.91 Å². The summed E-state index contributed by atoms with van der Waals surface area (Å²) in [5, 5.41) is 2.69. The summed E-state index contributed by atoms with van der Waals surface area (Å²) in [4.78, 5) is 13.3. The lowest BCUT2D eigenvalue weighted by molar-refractivity contribution is -0.114. The summed E-state index contributed by atoms with van der Waals surface area (Å²) < 4.78 is 57.0. The number of nitrogens with zero attached hydrogens (tertiary/aromatic N) is 1. The molecule has 4 aromatic rings. The topological polar surface area (TPSA) is 113 Å². The number of sulfonamides is 2. The molecular formula is C31H33N3O5S2. The van der Waals surface area contributed by atoms with Gasteiger partial charge in [-0.15, -0.1) is 0 Å². The van der Waals surface area contributed by atoms with Gasteiger partial charge < -0.3 is 5.32 Å². The van der Waals surface area contributed by atoms with Crippen molar-refractivity contribution in [3.8, 4) is 0 Å². The summed E-state index contributed by atoms with van der Waals surface area (Å²) in [7, 11) is -7.94. The largest absolute Gasteiger partial charge is 0.325 e. The molecule has 0 radical (unpaired) electrons. The maximum absolute atomic E-state index is 13.7. The first-order chi connectivity index (χ1) is 19.3. The molecule has 1 amide bonds. The van der Waals surface area contributed by atoms with E-state index in [1.54, 1.807) is 31.2 Å². The number of hydrogen-bond acceptors (Lipinski definition) is 5. The van der Waals surface area contributed by atoms with Crippen LogP contribution < -0.4 is 14.3 Å². The fourth-order valence-electron chi connectivity index (χ4n) is 4.22. The molecule has 41 heavy (non-hydrogen) atoms. The molecule has 8 nitrogen and oxygen atoms in total. The third-order valence-electron chi connectivity index (χ3n) is 6.62. The van der Waals surface area contributed by atoms with E-state index in [1.807, 2.05) is 52.0 Å². The van der Waals surface area contributed by atoms with Gasteiger partial charge in [-0.3, -0.25) is 13.8 Å². The fraction of sp³-hybridized carbons (Fsp3) is 0.194. The summed E-state index contributed by atoms with van der Waals surface area (Å²) in [6, 6.07) is 23.1. The summed E-state index contributed by atoms with van der Waals surface area (Å²) in [6.45, 7) is 8.72. The predicted molar refractivity (Wildman–Crippen MR) is 163 cm³/mol. The molecule has 0 spiro atoms. The zero-order valence-electron chi connectivity index (χ0n) is 23.6. The lowest BCUT2D eigenvalue weighted by Crippen LogP contribution is -2.38. The van der Waals surface area contributed by atoms with Crippen LogP contribution in [0.3, 0.4) is 0 Å². The second kappa shape index (κ2) is 11.8. The normalized spacial score (nSPS) is 11.6. The Labute approximate surface area is 242 Å². The first kappa shape index (κ1) is 29.8. The number of benzene rings is 4. The van der Waals surface area contributed by atoms with E-state index in [0.717, 1.165) is 26.6 Å². The van der Waals surface area contributed by atoms with E-state index in [0.29, 0.717) is 22.6 Å². The van der Waals surface area contributed by atoms with E-state index in [1.165, 1.54) is 36.4 Å². The molecule has 10 heteroatoms. The number of aryl methyl sites for hydroxylation is 5. The maximum Gasteiger partial charge on any atom is 0.264 e. The standard InChI is InChI=1S/C31H33N3O5S2/c1-21-8-14-28(15-9-21)41(38,39)34(30-19-23(3)7-11-25(30)5)20-31(35)32-26-12-16-27(17-13-26)40(36,37)33-29-18-22(2)6-10-24(29)4/h6-19,33H,20H2,1-5H3,(H,32,35). The van der Waals surface area contributed by atoms with Crippen molar-refractivity contribution < 1.29 is 21.6 Å². The Balaban J connectivity index is 1.57. The second-order valence-corrected chi connectivity index (χ2v) is 13.7. The van der Waals surface area contributed by atoms with Gasteiger partial charge in [-0.2, -0.15) is 0 Å². The molecule has 0 saturated heterocycles. The molecule has 0 aromatic heterocycles. The van der Waals surface area contributed by atoms with Crippen molar-refractivity contribution in [3.05, 3.63) is 113 Å². The van der Waals surface area contributed by atoms with Crippen LogP contribution in [0.5, 0.6) is 0 Å². The molecule has 0 atom stereocenters. The van der Waals surface area contributed by atoms with Gasteiger partial charge in [0.1, 0.15) is 6.54 Å². The van der Waals surface area contributed by atoms with E-state index in [9.17, 15) is 21.6 Å². The van der Waals surface area contributed by atoms with Crippen LogP contribution in [0.25, 0.3) is 0 Å². The van der Waals surface area contributed by atoms with Gasteiger partial charge in [-0.05, 0) is 105 Å². The zero-order chi connectivity index (χ0) is 29.9. The molecule has 0 aliphatic rings. The molecule has 4 aromatic carbocycles. The molecule has 0 aliphatic heterocycles. The van der Waals surface area contributed by atoms with Crippen molar-refractivity contribution in [2.45, 2.75) is 44.4 Å². The van der Waals surface area contributed by atoms with Crippen molar-refractivity contribution in [2.75, 3.05) is 20.9 Å². The van der Waals surface area contributed by atoms with Gasteiger partial charge in [0.25, 0.3) is 20.0 Å². The van der Waals surface area contributed by atoms with Gasteiger partial charge in [0, 0.05) is 5.69 Å². The van der Waals surface area contributed by atoms with Crippen molar-refractivity contribution >= 4 is 43.0 Å². The molecule has 4 rings (SSSR count). The van der Waals surface area contributed by atoms with E-state index >= 15 is 0 Å². The Kier molecular flexibility index (Phi) is 8.55. The Hall–Kier alpha value is -4.15. The summed E-state index contributed by atoms with van der Waals surface area (Å²) in [5.41, 5.74) is 5.39. The average molecular weight is 592 g/mol. The van der Waals surface area contributed by atoms with Crippen molar-refractivity contribution in [3.63, 3.8) is 0 Å². The van der Waals surface area contributed by atoms with Crippen molar-refractivity contribution in [1.29, 1.82) is 0 Å². The second-order valence-electron chi connectivity index (χ2n) is 10.1. The summed E-state index contributed by atoms with van der Waals surface area (Å²) in [5.74, 6) is -0.578. The fourth-order valence-corrected chi connectivity index (χ4v) is 6.82. The van der Waals surface area contributed by atoms with Crippen molar-refractivity contribution in [1.82, 2.24) is 0 Å². The first-order valence-electron chi connectivity index (χ1n) is 12.9. The van der Waals surface area contributed by atoms with Crippen LogP contribution in [-0.4, -0.2) is 29.3 Å². The predicted octanol–water partition coefficient (Wildman–Crippen LogP) is 5.86. The van der Waals surface area contributed by atoms with E-state index in [4.69, 9.17) is 0 Å². The molecular weight excluding hydrogens is 558 g/mol. The van der Waals surface area contributed by atoms with E-state index < -0.39 is 32.5 Å². The first-order valence-corrected chi connectivity index (χ1v) is 15.9. The lowest BCUT2D eigenvalue weighted by atomic mass is 10.1. The Morgan fingerprint density at radius 2 is 1.20 bits per heavy atom. The highest BCUT2D eigenvalue weighted by Gasteiger charge is 2.28. The maximum atomic E-state index is 13.7. The third kappa shape index (κ3) is 6.96. The van der Waals surface area contributed by atoms with E-state index in [2.05, 4.69) is 10.0 Å². The highest BCUT2D eigenvalue weighted by atomic mass is 32.2. The minimum Gasteiger partial charge on any atom is -0.325 e. The average Bonchev–Trinajstić information content (AvgIpc) is 2.91. The van der Waals surface area contributed by atoms with Gasteiger partial charge in [-0.1, -0.05) is 42.0 Å². The molecule has 0 aliphatic carbocycles. The molecule has 0 unspecified atom stereocenters. The van der Waals surface area contributed by atoms with Crippen LogP contribution in [0.2, 0.25) is 0 Å². The number of carbonyl (C=O) groups excluding carboxylic acids is 1. The van der Waals surface area contributed by atoms with Crippen LogP contribution in [-0.2, 0) is 24.8 Å². The van der Waals surface area contributed by atoms with Gasteiger partial charge in [0.15, 0.2) is 0 Å². The summed E-state index contributed by atoms with van der Waals surface area (Å²) in [6.07, 6.45) is 0. The van der Waals surface area contributed by atoms with Crippen LogP contribution >= 0.6 is 0 Å². The molecule has 0 saturated carbocycles. The number of rotatable bonds is 9. The highest BCUT2D eigenvalue weighted by Crippen LogP contribution is 2.28. The number of nitrogens with one attached hydrogen (secondary N) is 2. The number of carbonyl (C=O) groups is 1. The minimum absolute atomic E-state index is 0.0235. The summed E-state index contributed by atoms with van der Waals surface area (Å²) >= 11 is 0. The Morgan fingerprint density at radius 3 is 1.83 bits per heavy atom. The number of amides is 1. The lowest BCUT2D eigenvalue weighted by Gasteiger charge is -2.26. The molecule has 2 N–H and O–H groups in total. The van der Waals surface area contributed by atoms with Crippen LogP contribution in [0.15, 0.2) is 94.7 Å². The monoisotopic (exact) mass is 591 g/mol. The van der Waals surface area contributed by atoms with Crippen LogP contribution in [0.1, 0.15) is 27.8 Å². The SMILES string of the molecule is Cc1ccc(S(=O)(=O)N(CC(=O)Nc2ccc(S(=O)(=O)Nc3cc(C)ccc3C)cc2)c2cc(C)ccc2C)cc1.